The van der Waals surface area contributed by atoms with E-state index >= 15 is 0 Å². The molecule has 0 aliphatic carbocycles. The van der Waals surface area contributed by atoms with Gasteiger partial charge >= 0.3 is 5.97 Å². The van der Waals surface area contributed by atoms with Crippen molar-refractivity contribution >= 4 is 29.2 Å². The van der Waals surface area contributed by atoms with E-state index in [0.717, 1.165) is 16.9 Å². The molecule has 1 amide bonds. The molecule has 126 valence electrons. The van der Waals surface area contributed by atoms with E-state index in [9.17, 15) is 9.59 Å². The lowest BCUT2D eigenvalue weighted by Crippen LogP contribution is -2.15. The topological polar surface area (TPSA) is 64.6 Å². The Kier molecular flexibility index (Phi) is 5.82. The first-order valence-electron chi connectivity index (χ1n) is 7.26. The molecule has 2 rings (SSSR count). The van der Waals surface area contributed by atoms with E-state index in [-0.39, 0.29) is 12.3 Å². The summed E-state index contributed by atoms with van der Waals surface area (Å²) in [7, 11) is 2.90. The summed E-state index contributed by atoms with van der Waals surface area (Å²) in [6.45, 7) is 1.91. The van der Waals surface area contributed by atoms with Crippen molar-refractivity contribution in [2.75, 3.05) is 19.5 Å². The van der Waals surface area contributed by atoms with Crippen molar-refractivity contribution < 1.29 is 19.1 Å². The molecular formula is C18H18ClNO4. The fourth-order valence-electron chi connectivity index (χ4n) is 2.30. The second-order valence-electron chi connectivity index (χ2n) is 5.22. The Morgan fingerprint density at radius 3 is 2.50 bits per heavy atom. The minimum absolute atomic E-state index is 0.184. The molecule has 0 aromatic heterocycles. The highest BCUT2D eigenvalue weighted by molar-refractivity contribution is 6.33. The molecule has 0 unspecified atom stereocenters. The minimum Gasteiger partial charge on any atom is -0.496 e. The number of esters is 1. The molecule has 2 aromatic carbocycles. The number of halogens is 1. The summed E-state index contributed by atoms with van der Waals surface area (Å²) in [5.74, 6) is 0.0457. The first-order chi connectivity index (χ1) is 11.4. The Hall–Kier alpha value is -2.53. The smallest absolute Gasteiger partial charge is 0.337 e. The molecule has 24 heavy (non-hydrogen) atoms. The second-order valence-corrected chi connectivity index (χ2v) is 5.62. The number of nitrogens with one attached hydrogen (secondary N) is 1. The van der Waals surface area contributed by atoms with Crippen molar-refractivity contribution in [1.29, 1.82) is 0 Å². The third-order valence-corrected chi connectivity index (χ3v) is 3.82. The molecule has 0 atom stereocenters. The van der Waals surface area contributed by atoms with Crippen LogP contribution in [0.15, 0.2) is 36.4 Å². The van der Waals surface area contributed by atoms with Crippen LogP contribution < -0.4 is 10.1 Å². The molecule has 0 spiro atoms. The molecule has 2 aromatic rings. The van der Waals surface area contributed by atoms with Gasteiger partial charge in [-0.3, -0.25) is 4.79 Å². The van der Waals surface area contributed by atoms with E-state index in [1.54, 1.807) is 13.2 Å². The monoisotopic (exact) mass is 347 g/mol. The summed E-state index contributed by atoms with van der Waals surface area (Å²) in [4.78, 5) is 23.8. The molecular weight excluding hydrogens is 330 g/mol. The molecule has 0 aliphatic rings. The first kappa shape index (κ1) is 17.8. The van der Waals surface area contributed by atoms with Gasteiger partial charge in [0.1, 0.15) is 5.75 Å². The number of carbonyl (C=O) groups is 2. The van der Waals surface area contributed by atoms with E-state index in [1.165, 1.54) is 19.2 Å². The zero-order valence-electron chi connectivity index (χ0n) is 13.7. The van der Waals surface area contributed by atoms with E-state index in [0.29, 0.717) is 16.3 Å². The van der Waals surface area contributed by atoms with Crippen LogP contribution in [0.2, 0.25) is 5.02 Å². The molecule has 0 saturated heterocycles. The van der Waals surface area contributed by atoms with Gasteiger partial charge in [-0.05, 0) is 42.3 Å². The van der Waals surface area contributed by atoms with Crippen LogP contribution in [0.4, 0.5) is 5.69 Å². The molecule has 1 N–H and O–H groups in total. The Morgan fingerprint density at radius 2 is 1.88 bits per heavy atom. The molecule has 6 heteroatoms. The number of ether oxygens (including phenoxy) is 2. The number of benzene rings is 2. The van der Waals surface area contributed by atoms with Gasteiger partial charge in [0.25, 0.3) is 0 Å². The molecule has 0 aliphatic heterocycles. The third kappa shape index (κ3) is 4.26. The fourth-order valence-corrected chi connectivity index (χ4v) is 2.46. The maximum atomic E-state index is 12.2. The average Bonchev–Trinajstić information content (AvgIpc) is 2.56. The summed E-state index contributed by atoms with van der Waals surface area (Å²) in [6, 6.07) is 10.1. The summed E-state index contributed by atoms with van der Waals surface area (Å²) in [5.41, 5.74) is 2.49. The first-order valence-corrected chi connectivity index (χ1v) is 7.63. The number of amides is 1. The predicted octanol–water partition coefficient (Wildman–Crippen LogP) is 3.62. The lowest BCUT2D eigenvalue weighted by atomic mass is 10.1. The number of hydrogen-bond donors (Lipinski definition) is 1. The lowest BCUT2D eigenvalue weighted by Gasteiger charge is -2.10. The van der Waals surface area contributed by atoms with E-state index in [1.807, 2.05) is 25.1 Å². The van der Waals surface area contributed by atoms with Crippen molar-refractivity contribution in [1.82, 2.24) is 0 Å². The van der Waals surface area contributed by atoms with Gasteiger partial charge in [0, 0.05) is 0 Å². The highest BCUT2D eigenvalue weighted by Crippen LogP contribution is 2.24. The van der Waals surface area contributed by atoms with Crippen molar-refractivity contribution in [3.63, 3.8) is 0 Å². The molecule has 0 fully saturated rings. The predicted molar refractivity (Wildman–Crippen MR) is 92.9 cm³/mol. The van der Waals surface area contributed by atoms with Gasteiger partial charge < -0.3 is 14.8 Å². The molecule has 0 bridgehead atoms. The molecule has 0 radical (unpaired) electrons. The molecule has 0 heterocycles. The number of anilines is 1. The third-order valence-electron chi connectivity index (χ3n) is 3.49. The van der Waals surface area contributed by atoms with Crippen LogP contribution >= 0.6 is 11.6 Å². The van der Waals surface area contributed by atoms with E-state index in [4.69, 9.17) is 16.3 Å². The maximum Gasteiger partial charge on any atom is 0.337 e. The average molecular weight is 348 g/mol. The van der Waals surface area contributed by atoms with Gasteiger partial charge in [0.15, 0.2) is 0 Å². The number of rotatable bonds is 5. The van der Waals surface area contributed by atoms with Gasteiger partial charge in [-0.2, -0.15) is 0 Å². The normalized spacial score (nSPS) is 10.2. The Bertz CT molecular complexity index is 774. The van der Waals surface area contributed by atoms with Crippen LogP contribution in [0.3, 0.4) is 0 Å². The van der Waals surface area contributed by atoms with Crippen LogP contribution in [-0.2, 0) is 16.0 Å². The van der Waals surface area contributed by atoms with Crippen LogP contribution in [-0.4, -0.2) is 26.1 Å². The number of aryl methyl sites for hydroxylation is 1. The van der Waals surface area contributed by atoms with Gasteiger partial charge in [0.05, 0.1) is 36.9 Å². The van der Waals surface area contributed by atoms with Crippen LogP contribution in [0.1, 0.15) is 21.5 Å². The summed E-state index contributed by atoms with van der Waals surface area (Å²) >= 11 is 6.07. The van der Waals surface area contributed by atoms with Gasteiger partial charge in [-0.15, -0.1) is 0 Å². The Morgan fingerprint density at radius 1 is 1.12 bits per heavy atom. The van der Waals surface area contributed by atoms with Crippen molar-refractivity contribution in [2.45, 2.75) is 13.3 Å². The summed E-state index contributed by atoms with van der Waals surface area (Å²) in [6.07, 6.45) is 0.184. The zero-order valence-corrected chi connectivity index (χ0v) is 14.4. The zero-order chi connectivity index (χ0) is 17.7. The summed E-state index contributed by atoms with van der Waals surface area (Å²) in [5, 5.41) is 3.07. The highest BCUT2D eigenvalue weighted by Gasteiger charge is 2.12. The van der Waals surface area contributed by atoms with Crippen molar-refractivity contribution in [3.8, 4) is 5.75 Å². The number of hydrogen-bond acceptors (Lipinski definition) is 4. The lowest BCUT2D eigenvalue weighted by molar-refractivity contribution is -0.115. The Labute approximate surface area is 145 Å². The van der Waals surface area contributed by atoms with Crippen molar-refractivity contribution in [3.05, 3.63) is 58.1 Å². The number of carbonyl (C=O) groups excluding carboxylic acids is 2. The molecule has 5 nitrogen and oxygen atoms in total. The fraction of sp³-hybridized carbons (Fsp3) is 0.222. The van der Waals surface area contributed by atoms with Crippen LogP contribution in [0.5, 0.6) is 5.75 Å². The minimum atomic E-state index is -0.493. The van der Waals surface area contributed by atoms with E-state index in [2.05, 4.69) is 10.1 Å². The van der Waals surface area contributed by atoms with Crippen LogP contribution in [0.25, 0.3) is 0 Å². The largest absolute Gasteiger partial charge is 0.496 e. The SMILES string of the molecule is COC(=O)c1ccc(Cl)c(NC(=O)Cc2ccc(OC)c(C)c2)c1. The highest BCUT2D eigenvalue weighted by atomic mass is 35.5. The quantitative estimate of drug-likeness (QED) is 0.839. The second kappa shape index (κ2) is 7.84. The standard InChI is InChI=1S/C18H18ClNO4/c1-11-8-12(4-7-16(11)23-2)9-17(21)20-15-10-13(18(22)24-3)5-6-14(15)19/h4-8,10H,9H2,1-3H3,(H,20,21). The summed E-state index contributed by atoms with van der Waals surface area (Å²) < 4.78 is 9.86. The molecule has 0 saturated carbocycles. The Balaban J connectivity index is 2.12. The van der Waals surface area contributed by atoms with Gasteiger partial charge in [-0.25, -0.2) is 4.79 Å². The van der Waals surface area contributed by atoms with Crippen molar-refractivity contribution in [2.24, 2.45) is 0 Å². The number of methoxy groups -OCH3 is 2. The van der Waals surface area contributed by atoms with Crippen LogP contribution in [0, 0.1) is 6.92 Å². The maximum absolute atomic E-state index is 12.2. The van der Waals surface area contributed by atoms with Gasteiger partial charge in [0.2, 0.25) is 5.91 Å². The van der Waals surface area contributed by atoms with E-state index < -0.39 is 5.97 Å². The van der Waals surface area contributed by atoms with Gasteiger partial charge in [-0.1, -0.05) is 23.7 Å².